The van der Waals surface area contributed by atoms with E-state index in [1.165, 1.54) is 6.92 Å². The standard InChI is InChI=1S/C5H10NO2S/c1-5(7)6-8-3-4-9-2/h3-4H2,1-2H3. The van der Waals surface area contributed by atoms with Crippen molar-refractivity contribution in [1.82, 2.24) is 5.48 Å². The summed E-state index contributed by atoms with van der Waals surface area (Å²) in [4.78, 5) is 14.7. The van der Waals surface area contributed by atoms with Crippen molar-refractivity contribution in [1.29, 1.82) is 0 Å². The fourth-order valence-electron chi connectivity index (χ4n) is 0.257. The summed E-state index contributed by atoms with van der Waals surface area (Å²) in [5, 5.41) is 0. The summed E-state index contributed by atoms with van der Waals surface area (Å²) in [5.74, 6) is 0.590. The lowest BCUT2D eigenvalue weighted by Crippen LogP contribution is -2.13. The van der Waals surface area contributed by atoms with E-state index >= 15 is 0 Å². The van der Waals surface area contributed by atoms with Gasteiger partial charge in [0, 0.05) is 12.7 Å². The zero-order valence-electron chi connectivity index (χ0n) is 5.59. The van der Waals surface area contributed by atoms with Crippen molar-refractivity contribution in [2.24, 2.45) is 0 Å². The van der Waals surface area contributed by atoms with Crippen molar-refractivity contribution in [2.45, 2.75) is 6.92 Å². The summed E-state index contributed by atoms with van der Waals surface area (Å²) < 4.78 is 0. The highest BCUT2D eigenvalue weighted by Crippen LogP contribution is 1.88. The van der Waals surface area contributed by atoms with Crippen molar-refractivity contribution in [3.05, 3.63) is 0 Å². The molecule has 3 nitrogen and oxygen atoms in total. The summed E-state index contributed by atoms with van der Waals surface area (Å²) in [6.45, 7) is 1.87. The van der Waals surface area contributed by atoms with Gasteiger partial charge in [0.2, 0.25) is 0 Å². The zero-order valence-corrected chi connectivity index (χ0v) is 6.40. The van der Waals surface area contributed by atoms with Crippen LogP contribution in [0.2, 0.25) is 0 Å². The van der Waals surface area contributed by atoms with Gasteiger partial charge in [0.05, 0.1) is 6.61 Å². The van der Waals surface area contributed by atoms with Crippen LogP contribution in [0.1, 0.15) is 6.92 Å². The molecule has 0 spiro atoms. The van der Waals surface area contributed by atoms with E-state index in [2.05, 4.69) is 10.3 Å². The van der Waals surface area contributed by atoms with E-state index in [1.807, 2.05) is 6.26 Å². The molecule has 1 amide bonds. The van der Waals surface area contributed by atoms with Crippen LogP contribution in [0.5, 0.6) is 0 Å². The number of amides is 1. The first kappa shape index (κ1) is 8.78. The minimum Gasteiger partial charge on any atom is -0.271 e. The van der Waals surface area contributed by atoms with Gasteiger partial charge in [-0.15, -0.1) is 0 Å². The quantitative estimate of drug-likeness (QED) is 0.429. The maximum Gasteiger partial charge on any atom is 0.266 e. The van der Waals surface area contributed by atoms with Crippen LogP contribution in [-0.4, -0.2) is 24.5 Å². The Bertz CT molecular complexity index is 87.0. The normalized spacial score (nSPS) is 9.11. The van der Waals surface area contributed by atoms with Crippen LogP contribution in [0.4, 0.5) is 0 Å². The lowest BCUT2D eigenvalue weighted by Gasteiger charge is -1.95. The molecule has 9 heavy (non-hydrogen) atoms. The summed E-state index contributed by atoms with van der Waals surface area (Å²) in [5.41, 5.74) is 3.21. The third-order valence-corrected chi connectivity index (χ3v) is 1.15. The van der Waals surface area contributed by atoms with Gasteiger partial charge in [-0.2, -0.15) is 11.8 Å². The first-order valence-electron chi connectivity index (χ1n) is 2.60. The number of thioether (sulfide) groups is 1. The number of hydrogen-bond acceptors (Lipinski definition) is 3. The van der Waals surface area contributed by atoms with Crippen molar-refractivity contribution >= 4 is 17.7 Å². The molecular formula is C5H10NO2S. The zero-order chi connectivity index (χ0) is 7.11. The van der Waals surface area contributed by atoms with Crippen molar-refractivity contribution < 1.29 is 9.63 Å². The minimum atomic E-state index is -0.281. The highest BCUT2D eigenvalue weighted by Gasteiger charge is 1.91. The van der Waals surface area contributed by atoms with Crippen LogP contribution in [0, 0.1) is 0 Å². The molecule has 1 radical (unpaired) electrons. The largest absolute Gasteiger partial charge is 0.271 e. The molecule has 0 aliphatic heterocycles. The second-order valence-corrected chi connectivity index (χ2v) is 2.42. The van der Waals surface area contributed by atoms with E-state index in [4.69, 9.17) is 0 Å². The number of carbonyl (C=O) groups excluding carboxylic acids is 1. The predicted octanol–water partition coefficient (Wildman–Crippen LogP) is 0.432. The van der Waals surface area contributed by atoms with E-state index in [0.29, 0.717) is 6.61 Å². The lowest BCUT2D eigenvalue weighted by molar-refractivity contribution is -0.131. The van der Waals surface area contributed by atoms with Crippen molar-refractivity contribution in [3.63, 3.8) is 0 Å². The molecule has 0 atom stereocenters. The van der Waals surface area contributed by atoms with Gasteiger partial charge in [0.15, 0.2) is 0 Å². The number of rotatable bonds is 4. The molecule has 0 unspecified atom stereocenters. The average Bonchev–Trinajstić information content (AvgIpc) is 1.80. The summed E-state index contributed by atoms with van der Waals surface area (Å²) in [6.07, 6.45) is 1.97. The van der Waals surface area contributed by atoms with Gasteiger partial charge in [-0.25, -0.2) is 4.84 Å². The van der Waals surface area contributed by atoms with Gasteiger partial charge in [-0.1, -0.05) is 5.48 Å². The average molecular weight is 148 g/mol. The molecule has 0 heterocycles. The second kappa shape index (κ2) is 5.91. The molecule has 0 aliphatic carbocycles. The van der Waals surface area contributed by atoms with Crippen LogP contribution >= 0.6 is 11.8 Å². The molecule has 0 aliphatic rings. The Kier molecular flexibility index (Phi) is 5.76. The van der Waals surface area contributed by atoms with Crippen LogP contribution in [0.3, 0.4) is 0 Å². The highest BCUT2D eigenvalue weighted by atomic mass is 32.2. The van der Waals surface area contributed by atoms with Crippen LogP contribution in [0.15, 0.2) is 0 Å². The SMILES string of the molecule is CSCCO[N]C(C)=O. The topological polar surface area (TPSA) is 40.4 Å². The maximum atomic E-state index is 10.1. The van der Waals surface area contributed by atoms with Gasteiger partial charge in [-0.05, 0) is 6.26 Å². The number of hydroxylamine groups is 1. The fourth-order valence-corrected chi connectivity index (χ4v) is 0.498. The first-order chi connectivity index (χ1) is 4.27. The van der Waals surface area contributed by atoms with Crippen molar-refractivity contribution in [3.8, 4) is 0 Å². The summed E-state index contributed by atoms with van der Waals surface area (Å²) >= 11 is 1.66. The number of nitrogens with zero attached hydrogens (tertiary/aromatic N) is 1. The van der Waals surface area contributed by atoms with E-state index in [9.17, 15) is 4.79 Å². The Morgan fingerprint density at radius 1 is 1.78 bits per heavy atom. The predicted molar refractivity (Wildman–Crippen MR) is 37.1 cm³/mol. The van der Waals surface area contributed by atoms with Gasteiger partial charge in [-0.3, -0.25) is 4.79 Å². The molecule has 0 N–H and O–H groups in total. The Hall–Kier alpha value is -0.220. The number of carbonyl (C=O) groups is 1. The summed E-state index contributed by atoms with van der Waals surface area (Å²) in [6, 6.07) is 0. The Balaban J connectivity index is 2.83. The molecule has 0 aromatic rings. The van der Waals surface area contributed by atoms with E-state index < -0.39 is 0 Å². The van der Waals surface area contributed by atoms with Crippen molar-refractivity contribution in [2.75, 3.05) is 18.6 Å². The Morgan fingerprint density at radius 3 is 2.89 bits per heavy atom. The van der Waals surface area contributed by atoms with Crippen LogP contribution in [0.25, 0.3) is 0 Å². The maximum absolute atomic E-state index is 10.1. The molecule has 0 aromatic carbocycles. The van der Waals surface area contributed by atoms with Gasteiger partial charge < -0.3 is 0 Å². The molecule has 0 bridgehead atoms. The van der Waals surface area contributed by atoms with Crippen LogP contribution in [-0.2, 0) is 9.63 Å². The van der Waals surface area contributed by atoms with E-state index in [-0.39, 0.29) is 5.91 Å². The molecule has 0 aromatic heterocycles. The summed E-state index contributed by atoms with van der Waals surface area (Å²) in [7, 11) is 0. The van der Waals surface area contributed by atoms with Gasteiger partial charge in [0.25, 0.3) is 5.91 Å². The monoisotopic (exact) mass is 148 g/mol. The molecule has 0 saturated carbocycles. The first-order valence-corrected chi connectivity index (χ1v) is 3.99. The Morgan fingerprint density at radius 2 is 2.44 bits per heavy atom. The number of hydrogen-bond donors (Lipinski definition) is 0. The molecular weight excluding hydrogens is 138 g/mol. The van der Waals surface area contributed by atoms with Crippen LogP contribution < -0.4 is 5.48 Å². The molecule has 0 fully saturated rings. The molecule has 0 saturated heterocycles. The van der Waals surface area contributed by atoms with Gasteiger partial charge >= 0.3 is 0 Å². The lowest BCUT2D eigenvalue weighted by atomic mass is 10.8. The second-order valence-electron chi connectivity index (χ2n) is 1.44. The smallest absolute Gasteiger partial charge is 0.266 e. The van der Waals surface area contributed by atoms with E-state index in [1.54, 1.807) is 11.8 Å². The third-order valence-electron chi connectivity index (χ3n) is 0.572. The minimum absolute atomic E-state index is 0.281. The van der Waals surface area contributed by atoms with E-state index in [0.717, 1.165) is 5.75 Å². The highest BCUT2D eigenvalue weighted by molar-refractivity contribution is 7.98. The molecule has 0 rings (SSSR count). The fraction of sp³-hybridized carbons (Fsp3) is 0.800. The Labute approximate surface area is 59.1 Å². The third kappa shape index (κ3) is 7.78. The molecule has 53 valence electrons. The van der Waals surface area contributed by atoms with Gasteiger partial charge in [0.1, 0.15) is 0 Å². The molecule has 4 heteroatoms.